The second kappa shape index (κ2) is 8.26. The van der Waals surface area contributed by atoms with E-state index in [4.69, 9.17) is 4.74 Å². The van der Waals surface area contributed by atoms with Crippen molar-refractivity contribution >= 4 is 34.7 Å². The van der Waals surface area contributed by atoms with Crippen LogP contribution in [0.3, 0.4) is 0 Å². The van der Waals surface area contributed by atoms with Gasteiger partial charge in [0.25, 0.3) is 0 Å². The Hall–Kier alpha value is -3.13. The number of amides is 2. The van der Waals surface area contributed by atoms with Gasteiger partial charge in [0.1, 0.15) is 11.1 Å². The van der Waals surface area contributed by atoms with Crippen LogP contribution in [0.15, 0.2) is 53.6 Å². The van der Waals surface area contributed by atoms with Crippen LogP contribution in [0.4, 0.5) is 0 Å². The minimum Gasteiger partial charge on any atom is -0.423 e. The summed E-state index contributed by atoms with van der Waals surface area (Å²) < 4.78 is 5.41. The lowest BCUT2D eigenvalue weighted by Gasteiger charge is -2.19. The fourth-order valence-electron chi connectivity index (χ4n) is 2.62. The van der Waals surface area contributed by atoms with Crippen LogP contribution in [0.1, 0.15) is 40.7 Å². The van der Waals surface area contributed by atoms with Crippen LogP contribution in [0.2, 0.25) is 0 Å². The number of esters is 1. The van der Waals surface area contributed by atoms with Gasteiger partial charge in [-0.1, -0.05) is 41.6 Å². The molecule has 0 radical (unpaired) electrons. The zero-order chi connectivity index (χ0) is 20.3. The van der Waals surface area contributed by atoms with Crippen LogP contribution in [0.5, 0.6) is 5.75 Å². The zero-order valence-electron chi connectivity index (χ0n) is 15.6. The highest BCUT2D eigenvalue weighted by Gasteiger charge is 2.32. The molecule has 2 aromatic rings. The highest BCUT2D eigenvalue weighted by molar-refractivity contribution is 8.14. The van der Waals surface area contributed by atoms with Crippen molar-refractivity contribution in [3.8, 4) is 5.75 Å². The SMILES string of the molecule is CC(=O)NC1=NN(C(C)=O)[C@@H](c2ccc(OC(=O)c3cccc(C)c3)cc2)S1. The summed E-state index contributed by atoms with van der Waals surface area (Å²) in [6.07, 6.45) is 0. The number of hydrazone groups is 1. The molecule has 0 fully saturated rings. The number of ether oxygens (including phenoxy) is 1. The molecule has 0 spiro atoms. The molecule has 1 atom stereocenters. The molecule has 0 saturated heterocycles. The third-order valence-corrected chi connectivity index (χ3v) is 4.98. The van der Waals surface area contributed by atoms with E-state index >= 15 is 0 Å². The number of carbonyl (C=O) groups excluding carboxylic acids is 3. The highest BCUT2D eigenvalue weighted by Crippen LogP contribution is 2.39. The Morgan fingerprint density at radius 1 is 1.11 bits per heavy atom. The van der Waals surface area contributed by atoms with Crippen molar-refractivity contribution in [1.29, 1.82) is 0 Å². The van der Waals surface area contributed by atoms with Gasteiger partial charge in [0.05, 0.1) is 5.56 Å². The van der Waals surface area contributed by atoms with Gasteiger partial charge in [-0.2, -0.15) is 0 Å². The molecule has 3 rings (SSSR count). The first-order valence-electron chi connectivity index (χ1n) is 8.55. The van der Waals surface area contributed by atoms with E-state index in [0.717, 1.165) is 11.1 Å². The second-order valence-electron chi connectivity index (χ2n) is 6.25. The Kier molecular flexibility index (Phi) is 5.79. The lowest BCUT2D eigenvalue weighted by molar-refractivity contribution is -0.129. The maximum Gasteiger partial charge on any atom is 0.343 e. The number of hydrogen-bond donors (Lipinski definition) is 1. The van der Waals surface area contributed by atoms with Crippen LogP contribution in [0.25, 0.3) is 0 Å². The lowest BCUT2D eigenvalue weighted by Crippen LogP contribution is -2.25. The molecule has 7 nitrogen and oxygen atoms in total. The summed E-state index contributed by atoms with van der Waals surface area (Å²) in [4.78, 5) is 35.4. The van der Waals surface area contributed by atoms with Gasteiger partial charge in [-0.25, -0.2) is 9.80 Å². The Morgan fingerprint density at radius 3 is 2.43 bits per heavy atom. The number of nitrogens with one attached hydrogen (secondary N) is 1. The maximum absolute atomic E-state index is 12.3. The third kappa shape index (κ3) is 4.58. The van der Waals surface area contributed by atoms with Gasteiger partial charge in [-0.3, -0.25) is 9.59 Å². The van der Waals surface area contributed by atoms with Crippen LogP contribution in [0, 0.1) is 6.92 Å². The standard InChI is InChI=1S/C20H19N3O4S/c1-12-5-4-6-16(11-12)19(26)27-17-9-7-15(8-10-17)18-23(14(3)25)22-20(28-18)21-13(2)24/h4-11,18H,1-3H3,(H,21,22,24)/t18-/m1/s1. The molecule has 1 aliphatic heterocycles. The number of benzene rings is 2. The minimum atomic E-state index is -0.437. The largest absolute Gasteiger partial charge is 0.423 e. The van der Waals surface area contributed by atoms with E-state index < -0.39 is 11.3 Å². The summed E-state index contributed by atoms with van der Waals surface area (Å²) in [5.41, 5.74) is 2.24. The average Bonchev–Trinajstić information content (AvgIpc) is 3.05. The van der Waals surface area contributed by atoms with Gasteiger partial charge < -0.3 is 10.1 Å². The summed E-state index contributed by atoms with van der Waals surface area (Å²) >= 11 is 1.26. The normalized spacial score (nSPS) is 15.8. The van der Waals surface area contributed by atoms with Gasteiger partial charge in [0.2, 0.25) is 11.8 Å². The van der Waals surface area contributed by atoms with Crippen molar-refractivity contribution in [2.24, 2.45) is 5.10 Å². The molecule has 144 valence electrons. The molecule has 28 heavy (non-hydrogen) atoms. The van der Waals surface area contributed by atoms with Crippen LogP contribution in [-0.2, 0) is 9.59 Å². The lowest BCUT2D eigenvalue weighted by atomic mass is 10.1. The van der Waals surface area contributed by atoms with E-state index in [1.165, 1.54) is 30.6 Å². The van der Waals surface area contributed by atoms with E-state index in [9.17, 15) is 14.4 Å². The van der Waals surface area contributed by atoms with Crippen molar-refractivity contribution in [3.05, 3.63) is 65.2 Å². The Balaban J connectivity index is 1.72. The Labute approximate surface area is 166 Å². The highest BCUT2D eigenvalue weighted by atomic mass is 32.2. The van der Waals surface area contributed by atoms with Crippen molar-refractivity contribution in [2.75, 3.05) is 0 Å². The Bertz CT molecular complexity index is 956. The molecule has 0 saturated carbocycles. The van der Waals surface area contributed by atoms with Gasteiger partial charge in [-0.15, -0.1) is 5.10 Å². The number of nitrogens with zero attached hydrogens (tertiary/aromatic N) is 2. The molecule has 2 aromatic carbocycles. The topological polar surface area (TPSA) is 88.1 Å². The van der Waals surface area contributed by atoms with E-state index in [2.05, 4.69) is 10.4 Å². The summed E-state index contributed by atoms with van der Waals surface area (Å²) in [5.74, 6) is -0.537. The van der Waals surface area contributed by atoms with Crippen molar-refractivity contribution in [2.45, 2.75) is 26.1 Å². The number of carbonyl (C=O) groups is 3. The summed E-state index contributed by atoms with van der Waals surface area (Å²) in [5, 5.41) is 8.02. The molecule has 8 heteroatoms. The summed E-state index contributed by atoms with van der Waals surface area (Å²) in [6.45, 7) is 4.69. The summed E-state index contributed by atoms with van der Waals surface area (Å²) in [7, 11) is 0. The molecule has 1 aliphatic rings. The average molecular weight is 397 g/mol. The Morgan fingerprint density at radius 2 is 1.82 bits per heavy atom. The van der Waals surface area contributed by atoms with E-state index in [1.54, 1.807) is 42.5 Å². The van der Waals surface area contributed by atoms with Crippen molar-refractivity contribution in [3.63, 3.8) is 0 Å². The number of aryl methyl sites for hydroxylation is 1. The number of rotatable bonds is 3. The second-order valence-corrected chi connectivity index (χ2v) is 7.32. The zero-order valence-corrected chi connectivity index (χ0v) is 16.4. The molecule has 0 unspecified atom stereocenters. The first-order chi connectivity index (χ1) is 13.3. The predicted molar refractivity (Wildman–Crippen MR) is 107 cm³/mol. The molecule has 0 aromatic heterocycles. The number of amidine groups is 1. The fraction of sp³-hybridized carbons (Fsp3) is 0.200. The van der Waals surface area contributed by atoms with Crippen molar-refractivity contribution < 1.29 is 19.1 Å². The van der Waals surface area contributed by atoms with E-state index in [1.807, 2.05) is 13.0 Å². The van der Waals surface area contributed by atoms with E-state index in [0.29, 0.717) is 16.5 Å². The first-order valence-corrected chi connectivity index (χ1v) is 9.43. The molecular weight excluding hydrogens is 378 g/mol. The molecular formula is C20H19N3O4S. The van der Waals surface area contributed by atoms with Gasteiger partial charge in [0, 0.05) is 13.8 Å². The molecule has 0 bridgehead atoms. The smallest absolute Gasteiger partial charge is 0.343 e. The van der Waals surface area contributed by atoms with Crippen LogP contribution >= 0.6 is 11.8 Å². The van der Waals surface area contributed by atoms with Crippen LogP contribution < -0.4 is 10.1 Å². The number of thioether (sulfide) groups is 1. The summed E-state index contributed by atoms with van der Waals surface area (Å²) in [6, 6.07) is 14.0. The molecule has 1 heterocycles. The van der Waals surface area contributed by atoms with Gasteiger partial charge in [-0.05, 0) is 36.8 Å². The molecule has 1 N–H and O–H groups in total. The van der Waals surface area contributed by atoms with Crippen LogP contribution in [-0.4, -0.2) is 28.0 Å². The first kappa shape index (κ1) is 19.6. The van der Waals surface area contributed by atoms with Crippen molar-refractivity contribution in [1.82, 2.24) is 10.3 Å². The maximum atomic E-state index is 12.3. The monoisotopic (exact) mass is 397 g/mol. The van der Waals surface area contributed by atoms with Gasteiger partial charge >= 0.3 is 5.97 Å². The minimum absolute atomic E-state index is 0.243. The fourth-order valence-corrected chi connectivity index (χ4v) is 3.76. The van der Waals surface area contributed by atoms with Gasteiger partial charge in [0.15, 0.2) is 5.17 Å². The van der Waals surface area contributed by atoms with E-state index in [-0.39, 0.29) is 11.8 Å². The quantitative estimate of drug-likeness (QED) is 0.635. The molecule has 0 aliphatic carbocycles. The molecule has 2 amide bonds. The predicted octanol–water partition coefficient (Wildman–Crippen LogP) is 3.22. The number of hydrogen-bond acceptors (Lipinski definition) is 6. The third-order valence-electron chi connectivity index (χ3n) is 3.88.